The van der Waals surface area contributed by atoms with Gasteiger partial charge in [0, 0.05) is 0 Å². The summed E-state index contributed by atoms with van der Waals surface area (Å²) in [5, 5.41) is 28.5. The first-order valence-electron chi connectivity index (χ1n) is 4.99. The second kappa shape index (κ2) is 5.07. The average molecular weight is 235 g/mol. The molecule has 0 aromatic carbocycles. The maximum absolute atomic E-state index is 10.9. The summed E-state index contributed by atoms with van der Waals surface area (Å²) >= 11 is 0. The van der Waals surface area contributed by atoms with Crippen LogP contribution in [0.15, 0.2) is 0 Å². The first-order chi connectivity index (χ1) is 7.34. The van der Waals surface area contributed by atoms with Crippen molar-refractivity contribution in [2.24, 2.45) is 5.73 Å². The molecule has 0 aromatic rings. The summed E-state index contributed by atoms with van der Waals surface area (Å²) in [4.78, 5) is 10.9. The third-order valence-corrected chi connectivity index (χ3v) is 2.26. The van der Waals surface area contributed by atoms with Crippen LogP contribution >= 0.6 is 0 Å². The normalized spacial score (nSPS) is 40.0. The molecule has 0 aliphatic carbocycles. The van der Waals surface area contributed by atoms with Crippen LogP contribution in [0.3, 0.4) is 0 Å². The van der Waals surface area contributed by atoms with Crippen LogP contribution in [0.25, 0.3) is 0 Å². The van der Waals surface area contributed by atoms with Crippen molar-refractivity contribution in [1.82, 2.24) is 0 Å². The zero-order chi connectivity index (χ0) is 12.5. The maximum atomic E-state index is 10.9. The van der Waals surface area contributed by atoms with E-state index in [2.05, 4.69) is 0 Å². The van der Waals surface area contributed by atoms with E-state index >= 15 is 0 Å². The number of aliphatic hydroxyl groups is 3. The molecule has 5 atom stereocenters. The highest BCUT2D eigenvalue weighted by Crippen LogP contribution is 2.22. The number of hydrogen-bond acceptors (Lipinski definition) is 6. The fourth-order valence-electron chi connectivity index (χ4n) is 1.46. The molecule has 0 bridgehead atoms. The molecule has 0 radical (unpaired) electrons. The standard InChI is InChI=1S/C9H17NO6/c1-3(2)15-9-6(13)4(11)5(12)7(16-9)8(10)14/h3-7,9,11-13H,1-2H3,(H2,10,14)/t4?,5-,6+,7?,9?/m0/s1. The average Bonchev–Trinajstić information content (AvgIpc) is 2.18. The van der Waals surface area contributed by atoms with E-state index < -0.39 is 36.6 Å². The van der Waals surface area contributed by atoms with Crippen molar-refractivity contribution in [2.45, 2.75) is 50.7 Å². The predicted octanol–water partition coefficient (Wildman–Crippen LogP) is -2.30. The van der Waals surface area contributed by atoms with E-state index in [4.69, 9.17) is 15.2 Å². The monoisotopic (exact) mass is 235 g/mol. The highest BCUT2D eigenvalue weighted by molar-refractivity contribution is 5.79. The van der Waals surface area contributed by atoms with E-state index in [9.17, 15) is 20.1 Å². The third kappa shape index (κ3) is 2.69. The Bertz CT molecular complexity index is 258. The summed E-state index contributed by atoms with van der Waals surface area (Å²) in [6.45, 7) is 3.40. The number of ether oxygens (including phenoxy) is 2. The summed E-state index contributed by atoms with van der Waals surface area (Å²) in [5.74, 6) is -0.921. The molecule has 1 rings (SSSR count). The highest BCUT2D eigenvalue weighted by Gasteiger charge is 2.46. The number of nitrogens with two attached hydrogens (primary N) is 1. The molecule has 7 heteroatoms. The van der Waals surface area contributed by atoms with Crippen LogP contribution in [0.1, 0.15) is 13.8 Å². The Labute approximate surface area is 92.8 Å². The number of aliphatic hydroxyl groups excluding tert-OH is 3. The Kier molecular flexibility index (Phi) is 4.22. The minimum absolute atomic E-state index is 0.268. The van der Waals surface area contributed by atoms with Gasteiger partial charge in [-0.05, 0) is 13.8 Å². The van der Waals surface area contributed by atoms with Crippen molar-refractivity contribution in [3.63, 3.8) is 0 Å². The molecule has 1 heterocycles. The SMILES string of the molecule is CC(C)OC1OC(C(N)=O)[C@@H](O)C(O)[C@H]1O. The van der Waals surface area contributed by atoms with E-state index in [1.165, 1.54) is 0 Å². The molecule has 0 aromatic heterocycles. The quantitative estimate of drug-likeness (QED) is 0.436. The third-order valence-electron chi connectivity index (χ3n) is 2.26. The van der Waals surface area contributed by atoms with E-state index in [1.54, 1.807) is 13.8 Å². The van der Waals surface area contributed by atoms with Gasteiger partial charge in [0.15, 0.2) is 12.4 Å². The van der Waals surface area contributed by atoms with Crippen LogP contribution in [0, 0.1) is 0 Å². The molecular weight excluding hydrogens is 218 g/mol. The van der Waals surface area contributed by atoms with Crippen LogP contribution < -0.4 is 5.73 Å². The van der Waals surface area contributed by atoms with Crippen LogP contribution in [0.2, 0.25) is 0 Å². The lowest BCUT2D eigenvalue weighted by atomic mass is 9.98. The zero-order valence-corrected chi connectivity index (χ0v) is 9.11. The van der Waals surface area contributed by atoms with Gasteiger partial charge in [-0.25, -0.2) is 0 Å². The van der Waals surface area contributed by atoms with E-state index in [0.29, 0.717) is 0 Å². The van der Waals surface area contributed by atoms with Crippen LogP contribution in [-0.4, -0.2) is 58.0 Å². The largest absolute Gasteiger partial charge is 0.387 e. The van der Waals surface area contributed by atoms with Gasteiger partial charge in [0.25, 0.3) is 0 Å². The molecule has 1 aliphatic rings. The predicted molar refractivity (Wildman–Crippen MR) is 52.1 cm³/mol. The highest BCUT2D eigenvalue weighted by atomic mass is 16.7. The van der Waals surface area contributed by atoms with Gasteiger partial charge in [-0.3, -0.25) is 4.79 Å². The fraction of sp³-hybridized carbons (Fsp3) is 0.889. The molecule has 1 saturated heterocycles. The van der Waals surface area contributed by atoms with E-state index in [-0.39, 0.29) is 6.10 Å². The number of amides is 1. The number of rotatable bonds is 3. The molecule has 1 amide bonds. The maximum Gasteiger partial charge on any atom is 0.249 e. The van der Waals surface area contributed by atoms with Crippen LogP contribution in [0.5, 0.6) is 0 Å². The number of hydrogen-bond donors (Lipinski definition) is 4. The zero-order valence-electron chi connectivity index (χ0n) is 9.11. The second-order valence-electron chi connectivity index (χ2n) is 3.98. The molecule has 0 spiro atoms. The van der Waals surface area contributed by atoms with Gasteiger partial charge >= 0.3 is 0 Å². The Morgan fingerprint density at radius 2 is 1.81 bits per heavy atom. The lowest BCUT2D eigenvalue weighted by Crippen LogP contribution is -2.61. The topological polar surface area (TPSA) is 122 Å². The molecule has 7 nitrogen and oxygen atoms in total. The van der Waals surface area contributed by atoms with Gasteiger partial charge in [-0.2, -0.15) is 0 Å². The summed E-state index contributed by atoms with van der Waals surface area (Å²) in [5.41, 5.74) is 4.99. The van der Waals surface area contributed by atoms with Crippen molar-refractivity contribution in [1.29, 1.82) is 0 Å². The molecule has 5 N–H and O–H groups in total. The molecule has 94 valence electrons. The van der Waals surface area contributed by atoms with Gasteiger partial charge in [0.05, 0.1) is 6.10 Å². The van der Waals surface area contributed by atoms with Gasteiger partial charge in [-0.15, -0.1) is 0 Å². The van der Waals surface area contributed by atoms with Crippen molar-refractivity contribution in [3.8, 4) is 0 Å². The van der Waals surface area contributed by atoms with E-state index in [1.807, 2.05) is 0 Å². The Morgan fingerprint density at radius 1 is 1.25 bits per heavy atom. The first-order valence-corrected chi connectivity index (χ1v) is 4.99. The lowest BCUT2D eigenvalue weighted by molar-refractivity contribution is -0.297. The number of carbonyl (C=O) groups is 1. The van der Waals surface area contributed by atoms with Crippen molar-refractivity contribution < 1.29 is 29.6 Å². The molecule has 1 fully saturated rings. The van der Waals surface area contributed by atoms with Crippen molar-refractivity contribution in [2.75, 3.05) is 0 Å². The van der Waals surface area contributed by atoms with Gasteiger partial charge < -0.3 is 30.5 Å². The molecule has 3 unspecified atom stereocenters. The van der Waals surface area contributed by atoms with E-state index in [0.717, 1.165) is 0 Å². The molecule has 0 saturated carbocycles. The summed E-state index contributed by atoms with van der Waals surface area (Å²) in [6, 6.07) is 0. The summed E-state index contributed by atoms with van der Waals surface area (Å²) < 4.78 is 10.1. The minimum Gasteiger partial charge on any atom is -0.387 e. The molecule has 1 aliphatic heterocycles. The van der Waals surface area contributed by atoms with Crippen molar-refractivity contribution >= 4 is 5.91 Å². The minimum atomic E-state index is -1.56. The second-order valence-corrected chi connectivity index (χ2v) is 3.98. The van der Waals surface area contributed by atoms with Crippen LogP contribution in [-0.2, 0) is 14.3 Å². The smallest absolute Gasteiger partial charge is 0.249 e. The van der Waals surface area contributed by atoms with Crippen molar-refractivity contribution in [3.05, 3.63) is 0 Å². The molecular formula is C9H17NO6. The first kappa shape index (κ1) is 13.3. The Hall–Kier alpha value is -0.730. The van der Waals surface area contributed by atoms with Gasteiger partial charge in [0.2, 0.25) is 5.91 Å². The van der Waals surface area contributed by atoms with Gasteiger partial charge in [0.1, 0.15) is 18.3 Å². The summed E-state index contributed by atoms with van der Waals surface area (Å²) in [6.07, 6.45) is -7.35. The Morgan fingerprint density at radius 3 is 2.25 bits per heavy atom. The van der Waals surface area contributed by atoms with Crippen LogP contribution in [0.4, 0.5) is 0 Å². The lowest BCUT2D eigenvalue weighted by Gasteiger charge is -2.39. The number of primary amides is 1. The van der Waals surface area contributed by atoms with Gasteiger partial charge in [-0.1, -0.05) is 0 Å². The molecule has 16 heavy (non-hydrogen) atoms. The number of carbonyl (C=O) groups excluding carboxylic acids is 1. The Balaban J connectivity index is 2.77. The fourth-order valence-corrected chi connectivity index (χ4v) is 1.46. The summed E-state index contributed by atoms with van der Waals surface area (Å²) in [7, 11) is 0.